The molecule has 0 N–H and O–H groups in total. The molecule has 1 aromatic carbocycles. The number of amides is 1. The lowest BCUT2D eigenvalue weighted by molar-refractivity contribution is -0.149. The Kier molecular flexibility index (Phi) is 4.94. The van der Waals surface area contributed by atoms with Crippen LogP contribution >= 0.6 is 0 Å². The van der Waals surface area contributed by atoms with Crippen molar-refractivity contribution in [1.82, 2.24) is 4.90 Å². The molecular weight excluding hydrogens is 273 g/mol. The summed E-state index contributed by atoms with van der Waals surface area (Å²) in [4.78, 5) is 26.0. The van der Waals surface area contributed by atoms with Gasteiger partial charge in [-0.05, 0) is 50.8 Å². The van der Waals surface area contributed by atoms with Crippen molar-refractivity contribution in [2.45, 2.75) is 39.2 Å². The third kappa shape index (κ3) is 3.40. The van der Waals surface area contributed by atoms with Gasteiger partial charge in [0, 0.05) is 12.1 Å². The van der Waals surface area contributed by atoms with E-state index in [1.165, 1.54) is 11.0 Å². The van der Waals surface area contributed by atoms with Crippen LogP contribution in [0.15, 0.2) is 18.2 Å². The number of benzene rings is 1. The number of carbonyl (C=O) groups is 2. The molecule has 21 heavy (non-hydrogen) atoms. The molecule has 1 saturated heterocycles. The van der Waals surface area contributed by atoms with Gasteiger partial charge in [-0.3, -0.25) is 4.79 Å². The number of nitrogens with zero attached hydrogens (tertiary/aromatic N) is 1. The Hall–Kier alpha value is -1.91. The van der Waals surface area contributed by atoms with Crippen LogP contribution in [0.5, 0.6) is 0 Å². The van der Waals surface area contributed by atoms with Crippen molar-refractivity contribution >= 4 is 11.9 Å². The summed E-state index contributed by atoms with van der Waals surface area (Å²) >= 11 is 0. The van der Waals surface area contributed by atoms with Gasteiger partial charge in [-0.2, -0.15) is 0 Å². The van der Waals surface area contributed by atoms with E-state index in [2.05, 4.69) is 0 Å². The van der Waals surface area contributed by atoms with Gasteiger partial charge in [-0.1, -0.05) is 6.07 Å². The molecule has 0 aliphatic carbocycles. The minimum atomic E-state index is -0.560. The molecule has 1 aromatic rings. The zero-order valence-electron chi connectivity index (χ0n) is 12.4. The van der Waals surface area contributed by atoms with E-state index < -0.39 is 11.9 Å². The van der Waals surface area contributed by atoms with Gasteiger partial charge < -0.3 is 9.64 Å². The van der Waals surface area contributed by atoms with Crippen molar-refractivity contribution in [2.75, 3.05) is 13.2 Å². The van der Waals surface area contributed by atoms with Gasteiger partial charge >= 0.3 is 5.97 Å². The highest BCUT2D eigenvalue weighted by molar-refractivity contribution is 5.97. The molecule has 1 amide bonds. The monoisotopic (exact) mass is 293 g/mol. The molecule has 0 aromatic heterocycles. The number of ether oxygens (including phenoxy) is 1. The van der Waals surface area contributed by atoms with Crippen molar-refractivity contribution < 1.29 is 18.7 Å². The topological polar surface area (TPSA) is 46.6 Å². The quantitative estimate of drug-likeness (QED) is 0.805. The second kappa shape index (κ2) is 6.70. The molecule has 114 valence electrons. The Balaban J connectivity index is 2.21. The first-order chi connectivity index (χ1) is 10.0. The molecule has 1 aliphatic rings. The van der Waals surface area contributed by atoms with Crippen LogP contribution in [0.1, 0.15) is 42.1 Å². The van der Waals surface area contributed by atoms with E-state index in [4.69, 9.17) is 4.74 Å². The first-order valence-electron chi connectivity index (χ1n) is 7.28. The molecule has 5 heteroatoms. The van der Waals surface area contributed by atoms with Crippen molar-refractivity contribution in [3.05, 3.63) is 35.1 Å². The number of hydrogen-bond donors (Lipinski definition) is 0. The third-order valence-electron chi connectivity index (χ3n) is 3.74. The summed E-state index contributed by atoms with van der Waals surface area (Å²) in [6, 6.07) is 3.84. The van der Waals surface area contributed by atoms with Crippen LogP contribution in [0.3, 0.4) is 0 Å². The molecule has 0 radical (unpaired) electrons. The minimum Gasteiger partial charge on any atom is -0.464 e. The van der Waals surface area contributed by atoms with Crippen molar-refractivity contribution in [1.29, 1.82) is 0 Å². The number of halogens is 1. The van der Waals surface area contributed by atoms with Gasteiger partial charge in [-0.25, -0.2) is 9.18 Å². The summed E-state index contributed by atoms with van der Waals surface area (Å²) in [5.41, 5.74) is 0.765. The molecule has 1 aliphatic heterocycles. The number of rotatable bonds is 3. The number of piperidine rings is 1. The van der Waals surface area contributed by atoms with Crippen LogP contribution in [0.25, 0.3) is 0 Å². The molecule has 1 atom stereocenters. The van der Waals surface area contributed by atoms with E-state index in [0.717, 1.165) is 12.8 Å². The van der Waals surface area contributed by atoms with Crippen LogP contribution in [0, 0.1) is 12.7 Å². The van der Waals surface area contributed by atoms with Crippen molar-refractivity contribution in [3.8, 4) is 0 Å². The number of likely N-dealkylation sites (tertiary alicyclic amines) is 1. The van der Waals surface area contributed by atoms with Gasteiger partial charge in [0.15, 0.2) is 0 Å². The van der Waals surface area contributed by atoms with Crippen molar-refractivity contribution in [3.63, 3.8) is 0 Å². The average Bonchev–Trinajstić information content (AvgIpc) is 2.49. The van der Waals surface area contributed by atoms with E-state index >= 15 is 0 Å². The summed E-state index contributed by atoms with van der Waals surface area (Å²) in [5.74, 6) is -1.10. The van der Waals surface area contributed by atoms with Gasteiger partial charge in [0.05, 0.1) is 6.61 Å². The van der Waals surface area contributed by atoms with E-state index in [1.807, 2.05) is 0 Å². The second-order valence-electron chi connectivity index (χ2n) is 5.23. The molecule has 0 spiro atoms. The van der Waals surface area contributed by atoms with E-state index in [0.29, 0.717) is 18.5 Å². The normalized spacial score (nSPS) is 18.4. The van der Waals surface area contributed by atoms with Crippen LogP contribution < -0.4 is 0 Å². The zero-order chi connectivity index (χ0) is 15.4. The van der Waals surface area contributed by atoms with Gasteiger partial charge in [0.2, 0.25) is 0 Å². The second-order valence-corrected chi connectivity index (χ2v) is 5.23. The highest BCUT2D eigenvalue weighted by Gasteiger charge is 2.33. The van der Waals surface area contributed by atoms with Gasteiger partial charge in [0.25, 0.3) is 5.91 Å². The Morgan fingerprint density at radius 3 is 2.81 bits per heavy atom. The molecular formula is C16H20FNO3. The lowest BCUT2D eigenvalue weighted by Crippen LogP contribution is -2.48. The Morgan fingerprint density at radius 1 is 1.38 bits per heavy atom. The van der Waals surface area contributed by atoms with Crippen LogP contribution in [-0.4, -0.2) is 36.0 Å². The molecule has 4 nitrogen and oxygen atoms in total. The number of carbonyl (C=O) groups excluding carboxylic acids is 2. The lowest BCUT2D eigenvalue weighted by Gasteiger charge is -2.34. The molecule has 0 bridgehead atoms. The molecule has 1 unspecified atom stereocenters. The molecule has 1 fully saturated rings. The number of aryl methyl sites for hydroxylation is 1. The predicted octanol–water partition coefficient (Wildman–Crippen LogP) is 2.69. The summed E-state index contributed by atoms with van der Waals surface area (Å²) in [5, 5.41) is 0. The average molecular weight is 293 g/mol. The van der Waals surface area contributed by atoms with Crippen LogP contribution in [0.4, 0.5) is 4.39 Å². The van der Waals surface area contributed by atoms with Crippen LogP contribution in [0.2, 0.25) is 0 Å². The smallest absolute Gasteiger partial charge is 0.328 e. The number of hydrogen-bond acceptors (Lipinski definition) is 3. The zero-order valence-corrected chi connectivity index (χ0v) is 12.4. The lowest BCUT2D eigenvalue weighted by atomic mass is 10.0. The van der Waals surface area contributed by atoms with E-state index in [9.17, 15) is 14.0 Å². The maximum atomic E-state index is 13.6. The Bertz CT molecular complexity index is 544. The Labute approximate surface area is 123 Å². The van der Waals surface area contributed by atoms with E-state index in [1.54, 1.807) is 26.0 Å². The predicted molar refractivity (Wildman–Crippen MR) is 76.4 cm³/mol. The standard InChI is InChI=1S/C16H20FNO3/c1-3-21-16(20)14-6-4-5-9-18(14)15(19)12-8-7-11(2)13(17)10-12/h7-8,10,14H,3-6,9H2,1-2H3. The SMILES string of the molecule is CCOC(=O)C1CCCCN1C(=O)c1ccc(C)c(F)c1. The fourth-order valence-electron chi connectivity index (χ4n) is 2.55. The summed E-state index contributed by atoms with van der Waals surface area (Å²) in [6.07, 6.45) is 2.32. The first-order valence-corrected chi connectivity index (χ1v) is 7.28. The highest BCUT2D eigenvalue weighted by atomic mass is 19.1. The largest absolute Gasteiger partial charge is 0.464 e. The Morgan fingerprint density at radius 2 is 2.14 bits per heavy atom. The fourth-order valence-corrected chi connectivity index (χ4v) is 2.55. The van der Waals surface area contributed by atoms with Gasteiger partial charge in [0.1, 0.15) is 11.9 Å². The maximum Gasteiger partial charge on any atom is 0.328 e. The van der Waals surface area contributed by atoms with Gasteiger partial charge in [-0.15, -0.1) is 0 Å². The number of esters is 1. The van der Waals surface area contributed by atoms with E-state index in [-0.39, 0.29) is 24.0 Å². The molecule has 0 saturated carbocycles. The third-order valence-corrected chi connectivity index (χ3v) is 3.74. The van der Waals surface area contributed by atoms with Crippen molar-refractivity contribution in [2.24, 2.45) is 0 Å². The first kappa shape index (κ1) is 15.5. The minimum absolute atomic E-state index is 0.272. The fraction of sp³-hybridized carbons (Fsp3) is 0.500. The maximum absolute atomic E-state index is 13.6. The molecule has 2 rings (SSSR count). The summed E-state index contributed by atoms with van der Waals surface area (Å²) < 4.78 is 18.7. The summed E-state index contributed by atoms with van der Waals surface area (Å²) in [6.45, 7) is 4.17. The van der Waals surface area contributed by atoms with Crippen LogP contribution in [-0.2, 0) is 9.53 Å². The highest BCUT2D eigenvalue weighted by Crippen LogP contribution is 2.21. The summed E-state index contributed by atoms with van der Waals surface area (Å²) in [7, 11) is 0. The molecule has 1 heterocycles.